The van der Waals surface area contributed by atoms with Crippen LogP contribution < -0.4 is 10.1 Å². The number of aliphatic hydroxyl groups excluding tert-OH is 3. The average Bonchev–Trinajstić information content (AvgIpc) is 2.48. The van der Waals surface area contributed by atoms with Crippen molar-refractivity contribution in [3.63, 3.8) is 0 Å². The minimum atomic E-state index is -1.14. The molecular formula is C13H18N2O4. The summed E-state index contributed by atoms with van der Waals surface area (Å²) in [6, 6.07) is 9.02. The van der Waals surface area contributed by atoms with Gasteiger partial charge in [0.05, 0.1) is 25.4 Å². The molecule has 0 aromatic heterocycles. The predicted molar refractivity (Wildman–Crippen MR) is 68.4 cm³/mol. The van der Waals surface area contributed by atoms with Crippen molar-refractivity contribution in [3.05, 3.63) is 29.8 Å². The van der Waals surface area contributed by atoms with E-state index in [2.05, 4.69) is 5.32 Å². The van der Waals surface area contributed by atoms with Gasteiger partial charge in [-0.2, -0.15) is 5.26 Å². The van der Waals surface area contributed by atoms with Gasteiger partial charge in [0, 0.05) is 12.1 Å². The molecule has 1 aromatic rings. The van der Waals surface area contributed by atoms with Crippen LogP contribution in [-0.2, 0) is 6.54 Å². The lowest BCUT2D eigenvalue weighted by atomic mass is 10.0. The molecule has 0 aliphatic carbocycles. The fourth-order valence-corrected chi connectivity index (χ4v) is 1.50. The van der Waals surface area contributed by atoms with E-state index in [-0.39, 0.29) is 26.4 Å². The molecule has 0 fully saturated rings. The summed E-state index contributed by atoms with van der Waals surface area (Å²) in [7, 11) is 0. The van der Waals surface area contributed by atoms with E-state index in [0.717, 1.165) is 5.56 Å². The van der Waals surface area contributed by atoms with Crippen LogP contribution in [-0.4, -0.2) is 47.3 Å². The van der Waals surface area contributed by atoms with Crippen molar-refractivity contribution in [2.24, 2.45) is 0 Å². The van der Waals surface area contributed by atoms with Crippen LogP contribution in [0.1, 0.15) is 5.56 Å². The van der Waals surface area contributed by atoms with Gasteiger partial charge in [-0.05, 0) is 6.07 Å². The largest absolute Gasteiger partial charge is 0.478 e. The Bertz CT molecular complexity index is 419. The molecule has 0 aliphatic rings. The first-order valence-electron chi connectivity index (χ1n) is 5.86. The molecule has 19 heavy (non-hydrogen) atoms. The maximum Gasteiger partial charge on any atom is 0.174 e. The molecule has 0 saturated carbocycles. The minimum absolute atomic E-state index is 0.0534. The zero-order valence-electron chi connectivity index (χ0n) is 10.5. The molecule has 0 amide bonds. The molecule has 0 saturated heterocycles. The number of hydrogen-bond acceptors (Lipinski definition) is 6. The van der Waals surface area contributed by atoms with E-state index in [9.17, 15) is 15.3 Å². The van der Waals surface area contributed by atoms with Gasteiger partial charge in [-0.25, -0.2) is 0 Å². The number of nitriles is 1. The average molecular weight is 266 g/mol. The number of nitrogens with one attached hydrogen (secondary N) is 1. The second-order valence-electron chi connectivity index (χ2n) is 4.16. The van der Waals surface area contributed by atoms with E-state index in [1.165, 1.54) is 0 Å². The first kappa shape index (κ1) is 15.4. The molecule has 0 unspecified atom stereocenters. The molecule has 0 heterocycles. The molecule has 0 aliphatic heterocycles. The Morgan fingerprint density at radius 2 is 1.79 bits per heavy atom. The van der Waals surface area contributed by atoms with E-state index in [1.54, 1.807) is 18.2 Å². The van der Waals surface area contributed by atoms with Crippen molar-refractivity contribution in [2.45, 2.75) is 12.1 Å². The maximum atomic E-state index is 9.21. The second kappa shape index (κ2) is 7.71. The molecule has 0 atom stereocenters. The summed E-state index contributed by atoms with van der Waals surface area (Å²) in [5.41, 5.74) is -0.361. The third kappa shape index (κ3) is 4.19. The first-order chi connectivity index (χ1) is 9.21. The smallest absolute Gasteiger partial charge is 0.174 e. The van der Waals surface area contributed by atoms with Gasteiger partial charge in [0.1, 0.15) is 11.8 Å². The Kier molecular flexibility index (Phi) is 6.25. The Labute approximate surface area is 111 Å². The fraction of sp³-hybridized carbons (Fsp3) is 0.462. The van der Waals surface area contributed by atoms with Crippen LogP contribution in [0.5, 0.6) is 5.75 Å². The van der Waals surface area contributed by atoms with Gasteiger partial charge in [0.15, 0.2) is 6.61 Å². The van der Waals surface area contributed by atoms with Crippen molar-refractivity contribution in [3.8, 4) is 11.8 Å². The summed E-state index contributed by atoms with van der Waals surface area (Å²) >= 11 is 0. The van der Waals surface area contributed by atoms with Crippen LogP contribution in [0.3, 0.4) is 0 Å². The summed E-state index contributed by atoms with van der Waals surface area (Å²) in [4.78, 5) is 0. The van der Waals surface area contributed by atoms with E-state index in [4.69, 9.17) is 10.00 Å². The number of rotatable bonds is 8. The van der Waals surface area contributed by atoms with Crippen LogP contribution in [0.25, 0.3) is 0 Å². The van der Waals surface area contributed by atoms with Gasteiger partial charge in [-0.1, -0.05) is 18.2 Å². The number of aliphatic hydroxyl groups is 3. The van der Waals surface area contributed by atoms with Gasteiger partial charge in [0.2, 0.25) is 0 Å². The summed E-state index contributed by atoms with van der Waals surface area (Å²) in [6.07, 6.45) is 0. The molecule has 0 radical (unpaired) electrons. The lowest BCUT2D eigenvalue weighted by molar-refractivity contribution is 0.0412. The highest BCUT2D eigenvalue weighted by molar-refractivity contribution is 5.33. The van der Waals surface area contributed by atoms with Gasteiger partial charge in [-0.3, -0.25) is 0 Å². The standard InChI is InChI=1S/C13H18N2O4/c14-5-6-19-12-4-2-1-3-11(12)7-15-13(8-16,9-17)10-18/h1-4,15-18H,6-10H2. The van der Waals surface area contributed by atoms with Crippen molar-refractivity contribution >= 4 is 0 Å². The number of nitrogens with zero attached hydrogens (tertiary/aromatic N) is 1. The van der Waals surface area contributed by atoms with Crippen LogP contribution in [0, 0.1) is 11.3 Å². The van der Waals surface area contributed by atoms with Crippen molar-refractivity contribution < 1.29 is 20.1 Å². The Morgan fingerprint density at radius 1 is 1.16 bits per heavy atom. The summed E-state index contributed by atoms with van der Waals surface area (Å²) < 4.78 is 5.26. The Hall–Kier alpha value is -1.65. The first-order valence-corrected chi connectivity index (χ1v) is 5.86. The van der Waals surface area contributed by atoms with E-state index in [0.29, 0.717) is 12.3 Å². The van der Waals surface area contributed by atoms with E-state index in [1.807, 2.05) is 12.1 Å². The van der Waals surface area contributed by atoms with Gasteiger partial charge < -0.3 is 25.4 Å². The van der Waals surface area contributed by atoms with Gasteiger partial charge >= 0.3 is 0 Å². The lowest BCUT2D eigenvalue weighted by Gasteiger charge is -2.29. The predicted octanol–water partition coefficient (Wildman–Crippen LogP) is -0.606. The molecular weight excluding hydrogens is 248 g/mol. The SMILES string of the molecule is N#CCOc1ccccc1CNC(CO)(CO)CO. The van der Waals surface area contributed by atoms with E-state index < -0.39 is 5.54 Å². The quantitative estimate of drug-likeness (QED) is 0.500. The van der Waals surface area contributed by atoms with Crippen molar-refractivity contribution in [1.29, 1.82) is 5.26 Å². The van der Waals surface area contributed by atoms with Crippen LogP contribution in [0.2, 0.25) is 0 Å². The Morgan fingerprint density at radius 3 is 2.37 bits per heavy atom. The van der Waals surface area contributed by atoms with Crippen molar-refractivity contribution in [1.82, 2.24) is 5.32 Å². The Balaban J connectivity index is 2.74. The molecule has 0 bridgehead atoms. The van der Waals surface area contributed by atoms with Gasteiger partial charge in [0.25, 0.3) is 0 Å². The third-order valence-electron chi connectivity index (χ3n) is 2.83. The molecule has 1 aromatic carbocycles. The lowest BCUT2D eigenvalue weighted by Crippen LogP contribution is -2.54. The van der Waals surface area contributed by atoms with Crippen LogP contribution in [0.4, 0.5) is 0 Å². The number of para-hydroxylation sites is 1. The highest BCUT2D eigenvalue weighted by atomic mass is 16.5. The zero-order valence-corrected chi connectivity index (χ0v) is 10.5. The second-order valence-corrected chi connectivity index (χ2v) is 4.16. The molecule has 6 nitrogen and oxygen atoms in total. The highest BCUT2D eigenvalue weighted by Crippen LogP contribution is 2.18. The molecule has 0 spiro atoms. The maximum absolute atomic E-state index is 9.21. The number of benzene rings is 1. The molecule has 104 valence electrons. The zero-order chi connectivity index (χ0) is 14.1. The topological polar surface area (TPSA) is 106 Å². The summed E-state index contributed by atoms with van der Waals surface area (Å²) in [5, 5.41) is 39.0. The van der Waals surface area contributed by atoms with E-state index >= 15 is 0 Å². The molecule has 1 rings (SSSR count). The summed E-state index contributed by atoms with van der Waals surface area (Å²) in [6.45, 7) is -0.922. The number of hydrogen-bond donors (Lipinski definition) is 4. The minimum Gasteiger partial charge on any atom is -0.478 e. The highest BCUT2D eigenvalue weighted by Gasteiger charge is 2.27. The van der Waals surface area contributed by atoms with Crippen LogP contribution in [0.15, 0.2) is 24.3 Å². The molecule has 6 heteroatoms. The van der Waals surface area contributed by atoms with Crippen molar-refractivity contribution in [2.75, 3.05) is 26.4 Å². The number of ether oxygens (including phenoxy) is 1. The summed E-state index contributed by atoms with van der Waals surface area (Å²) in [5.74, 6) is 0.555. The fourth-order valence-electron chi connectivity index (χ4n) is 1.50. The normalized spacial score (nSPS) is 11.1. The monoisotopic (exact) mass is 266 g/mol. The van der Waals surface area contributed by atoms with Gasteiger partial charge in [-0.15, -0.1) is 0 Å². The third-order valence-corrected chi connectivity index (χ3v) is 2.83. The van der Waals surface area contributed by atoms with Crippen LogP contribution >= 0.6 is 0 Å². The molecule has 4 N–H and O–H groups in total.